The van der Waals surface area contributed by atoms with Crippen molar-refractivity contribution in [3.63, 3.8) is 0 Å². The van der Waals surface area contributed by atoms with Crippen molar-refractivity contribution in [3.8, 4) is 0 Å². The van der Waals surface area contributed by atoms with Crippen molar-refractivity contribution >= 4 is 5.97 Å². The van der Waals surface area contributed by atoms with Crippen LogP contribution in [-0.4, -0.2) is 25.7 Å². The highest BCUT2D eigenvalue weighted by Gasteiger charge is 2.30. The van der Waals surface area contributed by atoms with Crippen LogP contribution in [0.25, 0.3) is 0 Å². The first-order valence-electron chi connectivity index (χ1n) is 4.86. The average Bonchev–Trinajstić information content (AvgIpc) is 2.25. The average molecular weight is 185 g/mol. The van der Waals surface area contributed by atoms with Gasteiger partial charge in [-0.05, 0) is 31.2 Å². The predicted octanol–water partition coefficient (Wildman–Crippen LogP) is 1.33. The molecule has 0 aliphatic carbocycles. The van der Waals surface area contributed by atoms with E-state index in [1.807, 2.05) is 0 Å². The molecule has 13 heavy (non-hydrogen) atoms. The maximum atomic E-state index is 11.3. The normalized spacial score (nSPS) is 27.8. The van der Waals surface area contributed by atoms with Crippen molar-refractivity contribution < 1.29 is 9.53 Å². The molecular weight excluding hydrogens is 166 g/mol. The van der Waals surface area contributed by atoms with Crippen molar-refractivity contribution in [2.45, 2.75) is 39.2 Å². The second-order valence-electron chi connectivity index (χ2n) is 4.50. The quantitative estimate of drug-likeness (QED) is 0.626. The molecular formula is C10H19NO2. The minimum absolute atomic E-state index is 0.109. The van der Waals surface area contributed by atoms with Gasteiger partial charge < -0.3 is 10.1 Å². The van der Waals surface area contributed by atoms with Crippen molar-refractivity contribution in [2.75, 3.05) is 13.7 Å². The number of esters is 1. The van der Waals surface area contributed by atoms with E-state index in [1.165, 1.54) is 13.5 Å². The molecule has 1 aliphatic heterocycles. The SMILES string of the molecule is COC(=O)C1CC(C)(C)CCCN1. The first-order valence-corrected chi connectivity index (χ1v) is 4.86. The zero-order valence-corrected chi connectivity index (χ0v) is 8.72. The van der Waals surface area contributed by atoms with E-state index in [2.05, 4.69) is 19.2 Å². The van der Waals surface area contributed by atoms with Gasteiger partial charge in [0.15, 0.2) is 0 Å². The molecule has 76 valence electrons. The molecule has 1 fully saturated rings. The number of methoxy groups -OCH3 is 1. The Morgan fingerprint density at radius 3 is 2.85 bits per heavy atom. The Labute approximate surface area is 79.8 Å². The second-order valence-corrected chi connectivity index (χ2v) is 4.50. The van der Waals surface area contributed by atoms with Gasteiger partial charge in [-0.1, -0.05) is 13.8 Å². The summed E-state index contributed by atoms with van der Waals surface area (Å²) in [6.45, 7) is 5.33. The first kappa shape index (κ1) is 10.5. The summed E-state index contributed by atoms with van der Waals surface area (Å²) in [6, 6.07) is -0.109. The molecule has 0 aromatic rings. The Kier molecular flexibility index (Phi) is 3.31. The molecule has 1 rings (SSSR count). The Hall–Kier alpha value is -0.570. The molecule has 1 N–H and O–H groups in total. The molecule has 0 amide bonds. The maximum absolute atomic E-state index is 11.3. The van der Waals surface area contributed by atoms with Gasteiger partial charge in [0, 0.05) is 0 Å². The van der Waals surface area contributed by atoms with E-state index in [1.54, 1.807) is 0 Å². The Morgan fingerprint density at radius 2 is 2.23 bits per heavy atom. The van der Waals surface area contributed by atoms with Crippen LogP contribution in [0, 0.1) is 5.41 Å². The van der Waals surface area contributed by atoms with E-state index in [0.717, 1.165) is 19.4 Å². The van der Waals surface area contributed by atoms with Gasteiger partial charge in [0.1, 0.15) is 6.04 Å². The maximum Gasteiger partial charge on any atom is 0.322 e. The third kappa shape index (κ3) is 2.99. The van der Waals surface area contributed by atoms with Gasteiger partial charge in [-0.2, -0.15) is 0 Å². The molecule has 0 saturated carbocycles. The minimum Gasteiger partial charge on any atom is -0.468 e. The Bertz CT molecular complexity index is 189. The fourth-order valence-electron chi connectivity index (χ4n) is 1.88. The summed E-state index contributed by atoms with van der Waals surface area (Å²) in [5.41, 5.74) is 0.252. The summed E-state index contributed by atoms with van der Waals surface area (Å²) in [6.07, 6.45) is 3.19. The van der Waals surface area contributed by atoms with Crippen LogP contribution in [0.5, 0.6) is 0 Å². The number of carbonyl (C=O) groups excluding carboxylic acids is 1. The van der Waals surface area contributed by atoms with Gasteiger partial charge in [-0.3, -0.25) is 4.79 Å². The lowest BCUT2D eigenvalue weighted by Gasteiger charge is -2.24. The van der Waals surface area contributed by atoms with Crippen LogP contribution < -0.4 is 5.32 Å². The molecule has 0 aromatic carbocycles. The number of nitrogens with one attached hydrogen (secondary N) is 1. The third-order valence-electron chi connectivity index (χ3n) is 2.66. The zero-order chi connectivity index (χ0) is 9.90. The Balaban J connectivity index is 2.59. The molecule has 1 aliphatic rings. The minimum atomic E-state index is -0.130. The number of carbonyl (C=O) groups is 1. The number of rotatable bonds is 1. The molecule has 1 heterocycles. The van der Waals surface area contributed by atoms with E-state index < -0.39 is 0 Å². The fourth-order valence-corrected chi connectivity index (χ4v) is 1.88. The van der Waals surface area contributed by atoms with Crippen molar-refractivity contribution in [3.05, 3.63) is 0 Å². The van der Waals surface area contributed by atoms with E-state index in [-0.39, 0.29) is 17.4 Å². The van der Waals surface area contributed by atoms with Crippen LogP contribution in [0.15, 0.2) is 0 Å². The van der Waals surface area contributed by atoms with Crippen molar-refractivity contribution in [2.24, 2.45) is 5.41 Å². The topological polar surface area (TPSA) is 38.3 Å². The van der Waals surface area contributed by atoms with Gasteiger partial charge in [-0.25, -0.2) is 0 Å². The van der Waals surface area contributed by atoms with Crippen LogP contribution in [0.3, 0.4) is 0 Å². The Morgan fingerprint density at radius 1 is 1.54 bits per heavy atom. The van der Waals surface area contributed by atoms with Crippen LogP contribution in [-0.2, 0) is 9.53 Å². The van der Waals surface area contributed by atoms with E-state index in [0.29, 0.717) is 0 Å². The molecule has 0 bridgehead atoms. The zero-order valence-electron chi connectivity index (χ0n) is 8.72. The van der Waals surface area contributed by atoms with Crippen molar-refractivity contribution in [1.29, 1.82) is 0 Å². The van der Waals surface area contributed by atoms with Crippen LogP contribution in [0.1, 0.15) is 33.1 Å². The molecule has 0 radical (unpaired) electrons. The van der Waals surface area contributed by atoms with Crippen LogP contribution in [0.2, 0.25) is 0 Å². The van der Waals surface area contributed by atoms with Gasteiger partial charge in [-0.15, -0.1) is 0 Å². The van der Waals surface area contributed by atoms with Gasteiger partial charge in [0.25, 0.3) is 0 Å². The summed E-state index contributed by atoms with van der Waals surface area (Å²) in [4.78, 5) is 11.3. The molecule has 1 unspecified atom stereocenters. The monoisotopic (exact) mass is 185 g/mol. The predicted molar refractivity (Wildman–Crippen MR) is 51.4 cm³/mol. The smallest absolute Gasteiger partial charge is 0.322 e. The summed E-state index contributed by atoms with van der Waals surface area (Å²) in [7, 11) is 1.45. The fraction of sp³-hybridized carbons (Fsp3) is 0.900. The molecule has 0 spiro atoms. The summed E-state index contributed by atoms with van der Waals surface area (Å²) < 4.78 is 4.74. The molecule has 3 nitrogen and oxygen atoms in total. The standard InChI is InChI=1S/C10H19NO2/c1-10(2)5-4-6-11-8(7-10)9(12)13-3/h8,11H,4-7H2,1-3H3. The van der Waals surface area contributed by atoms with Gasteiger partial charge >= 0.3 is 5.97 Å². The van der Waals surface area contributed by atoms with E-state index >= 15 is 0 Å². The second kappa shape index (κ2) is 4.09. The lowest BCUT2D eigenvalue weighted by molar-refractivity contribution is -0.143. The summed E-state index contributed by atoms with van der Waals surface area (Å²) in [5, 5.41) is 3.21. The summed E-state index contributed by atoms with van der Waals surface area (Å²) in [5.74, 6) is -0.130. The lowest BCUT2D eigenvalue weighted by Crippen LogP contribution is -2.38. The molecule has 1 atom stereocenters. The molecule has 1 saturated heterocycles. The van der Waals surface area contributed by atoms with Crippen LogP contribution in [0.4, 0.5) is 0 Å². The highest BCUT2D eigenvalue weighted by atomic mass is 16.5. The third-order valence-corrected chi connectivity index (χ3v) is 2.66. The molecule has 0 aromatic heterocycles. The molecule has 3 heteroatoms. The lowest BCUT2D eigenvalue weighted by atomic mass is 9.83. The highest BCUT2D eigenvalue weighted by molar-refractivity contribution is 5.75. The van der Waals surface area contributed by atoms with Gasteiger partial charge in [0.2, 0.25) is 0 Å². The number of ether oxygens (including phenoxy) is 1. The number of hydrogen-bond donors (Lipinski definition) is 1. The largest absolute Gasteiger partial charge is 0.468 e. The highest BCUT2D eigenvalue weighted by Crippen LogP contribution is 2.30. The van der Waals surface area contributed by atoms with Gasteiger partial charge in [0.05, 0.1) is 7.11 Å². The first-order chi connectivity index (χ1) is 6.05. The van der Waals surface area contributed by atoms with E-state index in [4.69, 9.17) is 4.74 Å². The van der Waals surface area contributed by atoms with Crippen molar-refractivity contribution in [1.82, 2.24) is 5.32 Å². The van der Waals surface area contributed by atoms with Crippen LogP contribution >= 0.6 is 0 Å². The van der Waals surface area contributed by atoms with E-state index in [9.17, 15) is 4.79 Å². The number of hydrogen-bond acceptors (Lipinski definition) is 3. The summed E-state index contributed by atoms with van der Waals surface area (Å²) >= 11 is 0.